The highest BCUT2D eigenvalue weighted by atomic mass is 35.5. The Labute approximate surface area is 96.2 Å². The smallest absolute Gasteiger partial charge is 0.231 e. The maximum atomic E-state index is 5.31. The van der Waals surface area contributed by atoms with E-state index in [0.29, 0.717) is 6.79 Å². The standard InChI is InChI=1S/C11H15NO2.ClH/c1-12-6-2-3-9-4-5-10-11(7-9)14-8-13-10;/h4-5,7,12H,2-3,6,8H2,1H3;1H. The number of fused-ring (bicyclic) bond motifs is 1. The molecule has 0 aliphatic carbocycles. The molecule has 0 saturated heterocycles. The largest absolute Gasteiger partial charge is 0.454 e. The Morgan fingerprint density at radius 2 is 2.07 bits per heavy atom. The molecule has 1 heterocycles. The van der Waals surface area contributed by atoms with Gasteiger partial charge in [-0.2, -0.15) is 0 Å². The van der Waals surface area contributed by atoms with E-state index in [-0.39, 0.29) is 12.4 Å². The molecule has 1 aromatic carbocycles. The number of hydrogen-bond donors (Lipinski definition) is 1. The summed E-state index contributed by atoms with van der Waals surface area (Å²) < 4.78 is 10.6. The minimum atomic E-state index is 0. The van der Waals surface area contributed by atoms with E-state index in [1.54, 1.807) is 0 Å². The van der Waals surface area contributed by atoms with Crippen molar-refractivity contribution in [2.45, 2.75) is 12.8 Å². The monoisotopic (exact) mass is 229 g/mol. The van der Waals surface area contributed by atoms with Crippen LogP contribution >= 0.6 is 12.4 Å². The Balaban J connectivity index is 0.00000112. The second-order valence-electron chi connectivity index (χ2n) is 3.39. The zero-order valence-corrected chi connectivity index (χ0v) is 9.60. The van der Waals surface area contributed by atoms with Crippen LogP contribution in [0.15, 0.2) is 18.2 Å². The second-order valence-corrected chi connectivity index (χ2v) is 3.39. The lowest BCUT2D eigenvalue weighted by Crippen LogP contribution is -2.08. The molecule has 0 radical (unpaired) electrons. The molecule has 0 amide bonds. The number of ether oxygens (including phenoxy) is 2. The van der Waals surface area contributed by atoms with Gasteiger partial charge in [0.2, 0.25) is 6.79 Å². The first-order chi connectivity index (χ1) is 6.90. The molecule has 15 heavy (non-hydrogen) atoms. The van der Waals surface area contributed by atoms with Crippen LogP contribution in [0.5, 0.6) is 11.5 Å². The number of halogens is 1. The van der Waals surface area contributed by atoms with E-state index in [2.05, 4.69) is 17.4 Å². The molecule has 4 heteroatoms. The van der Waals surface area contributed by atoms with E-state index in [1.165, 1.54) is 5.56 Å². The quantitative estimate of drug-likeness (QED) is 0.801. The molecule has 0 bridgehead atoms. The predicted molar refractivity (Wildman–Crippen MR) is 62.1 cm³/mol. The van der Waals surface area contributed by atoms with Gasteiger partial charge in [0, 0.05) is 0 Å². The third kappa shape index (κ3) is 3.01. The Bertz CT molecular complexity index is 317. The van der Waals surface area contributed by atoms with E-state index < -0.39 is 0 Å². The van der Waals surface area contributed by atoms with Gasteiger partial charge in [-0.15, -0.1) is 12.4 Å². The van der Waals surface area contributed by atoms with Gasteiger partial charge in [0.25, 0.3) is 0 Å². The third-order valence-corrected chi connectivity index (χ3v) is 2.33. The molecule has 1 aliphatic rings. The molecule has 84 valence electrons. The molecule has 0 saturated carbocycles. The molecule has 3 nitrogen and oxygen atoms in total. The summed E-state index contributed by atoms with van der Waals surface area (Å²) in [5, 5.41) is 3.13. The van der Waals surface area contributed by atoms with Crippen molar-refractivity contribution >= 4 is 12.4 Å². The lowest BCUT2D eigenvalue weighted by atomic mass is 10.1. The van der Waals surface area contributed by atoms with E-state index in [1.807, 2.05) is 13.1 Å². The van der Waals surface area contributed by atoms with Crippen LogP contribution in [0.3, 0.4) is 0 Å². The first kappa shape index (κ1) is 12.1. The minimum absolute atomic E-state index is 0. The third-order valence-electron chi connectivity index (χ3n) is 2.33. The van der Waals surface area contributed by atoms with Gasteiger partial charge in [-0.3, -0.25) is 0 Å². The Hall–Kier alpha value is -0.930. The fraction of sp³-hybridized carbons (Fsp3) is 0.455. The molecule has 1 N–H and O–H groups in total. The summed E-state index contributed by atoms with van der Waals surface area (Å²) in [5.41, 5.74) is 1.31. The Morgan fingerprint density at radius 3 is 2.87 bits per heavy atom. The van der Waals surface area contributed by atoms with Gasteiger partial charge < -0.3 is 14.8 Å². The fourth-order valence-corrected chi connectivity index (χ4v) is 1.57. The highest BCUT2D eigenvalue weighted by molar-refractivity contribution is 5.85. The second kappa shape index (κ2) is 5.83. The van der Waals surface area contributed by atoms with Crippen molar-refractivity contribution < 1.29 is 9.47 Å². The highest BCUT2D eigenvalue weighted by Crippen LogP contribution is 2.32. The molecular weight excluding hydrogens is 214 g/mol. The van der Waals surface area contributed by atoms with Gasteiger partial charge in [-0.1, -0.05) is 6.07 Å². The molecular formula is C11H16ClNO2. The van der Waals surface area contributed by atoms with Crippen molar-refractivity contribution in [2.75, 3.05) is 20.4 Å². The van der Waals surface area contributed by atoms with Crippen LogP contribution in [0, 0.1) is 0 Å². The first-order valence-electron chi connectivity index (χ1n) is 4.93. The molecule has 2 rings (SSSR count). The van der Waals surface area contributed by atoms with E-state index in [9.17, 15) is 0 Å². The molecule has 1 aromatic rings. The summed E-state index contributed by atoms with van der Waals surface area (Å²) in [4.78, 5) is 0. The summed E-state index contributed by atoms with van der Waals surface area (Å²) in [7, 11) is 1.97. The van der Waals surface area contributed by atoms with Gasteiger partial charge in [0.05, 0.1) is 0 Å². The first-order valence-corrected chi connectivity index (χ1v) is 4.93. The van der Waals surface area contributed by atoms with E-state index in [4.69, 9.17) is 9.47 Å². The molecule has 0 atom stereocenters. The van der Waals surface area contributed by atoms with Gasteiger partial charge in [-0.25, -0.2) is 0 Å². The summed E-state index contributed by atoms with van der Waals surface area (Å²) >= 11 is 0. The van der Waals surface area contributed by atoms with Crippen LogP contribution in [-0.4, -0.2) is 20.4 Å². The maximum Gasteiger partial charge on any atom is 0.231 e. The SMILES string of the molecule is CNCCCc1ccc2c(c1)OCO2.Cl. The van der Waals surface area contributed by atoms with E-state index >= 15 is 0 Å². The zero-order chi connectivity index (χ0) is 9.80. The van der Waals surface area contributed by atoms with Gasteiger partial charge in [0.15, 0.2) is 11.5 Å². The van der Waals surface area contributed by atoms with Crippen LogP contribution in [0.4, 0.5) is 0 Å². The Kier molecular flexibility index (Phi) is 4.72. The molecule has 0 fully saturated rings. The van der Waals surface area contributed by atoms with Crippen molar-refractivity contribution in [1.82, 2.24) is 5.32 Å². The summed E-state index contributed by atoms with van der Waals surface area (Å²) in [6.07, 6.45) is 2.23. The van der Waals surface area contributed by atoms with Crippen molar-refractivity contribution in [3.63, 3.8) is 0 Å². The van der Waals surface area contributed by atoms with Crippen LogP contribution in [0.25, 0.3) is 0 Å². The van der Waals surface area contributed by atoms with Gasteiger partial charge in [-0.05, 0) is 44.1 Å². The average Bonchev–Trinajstić information content (AvgIpc) is 2.65. The van der Waals surface area contributed by atoms with Crippen molar-refractivity contribution in [2.24, 2.45) is 0 Å². The number of hydrogen-bond acceptors (Lipinski definition) is 3. The van der Waals surface area contributed by atoms with Crippen LogP contribution < -0.4 is 14.8 Å². The lowest BCUT2D eigenvalue weighted by molar-refractivity contribution is 0.174. The number of rotatable bonds is 4. The lowest BCUT2D eigenvalue weighted by Gasteiger charge is -2.02. The van der Waals surface area contributed by atoms with Gasteiger partial charge >= 0.3 is 0 Å². The summed E-state index contributed by atoms with van der Waals surface area (Å²) in [6, 6.07) is 6.15. The fourth-order valence-electron chi connectivity index (χ4n) is 1.57. The molecule has 0 unspecified atom stereocenters. The molecule has 0 spiro atoms. The van der Waals surface area contributed by atoms with Gasteiger partial charge in [0.1, 0.15) is 0 Å². The van der Waals surface area contributed by atoms with Crippen LogP contribution in [0.1, 0.15) is 12.0 Å². The number of benzene rings is 1. The number of nitrogens with one attached hydrogen (secondary N) is 1. The van der Waals surface area contributed by atoms with Crippen LogP contribution in [-0.2, 0) is 6.42 Å². The van der Waals surface area contributed by atoms with Crippen molar-refractivity contribution in [3.8, 4) is 11.5 Å². The minimum Gasteiger partial charge on any atom is -0.454 e. The number of aryl methyl sites for hydroxylation is 1. The predicted octanol–water partition coefficient (Wildman–Crippen LogP) is 1.99. The summed E-state index contributed by atoms with van der Waals surface area (Å²) in [6.45, 7) is 1.41. The zero-order valence-electron chi connectivity index (χ0n) is 8.79. The normalized spacial score (nSPS) is 12.3. The van der Waals surface area contributed by atoms with Crippen LogP contribution in [0.2, 0.25) is 0 Å². The maximum absolute atomic E-state index is 5.31. The molecule has 1 aliphatic heterocycles. The van der Waals surface area contributed by atoms with Crippen molar-refractivity contribution in [3.05, 3.63) is 23.8 Å². The van der Waals surface area contributed by atoms with E-state index in [0.717, 1.165) is 30.9 Å². The molecule has 0 aromatic heterocycles. The summed E-state index contributed by atoms with van der Waals surface area (Å²) in [5.74, 6) is 1.74. The average molecular weight is 230 g/mol. The topological polar surface area (TPSA) is 30.5 Å². The van der Waals surface area contributed by atoms with Crippen molar-refractivity contribution in [1.29, 1.82) is 0 Å². The highest BCUT2D eigenvalue weighted by Gasteiger charge is 2.12. The Morgan fingerprint density at radius 1 is 1.27 bits per heavy atom.